The first-order chi connectivity index (χ1) is 12.4. The largest absolute Gasteiger partial charge is 0.376 e. The quantitative estimate of drug-likeness (QED) is 0.767. The van der Waals surface area contributed by atoms with Crippen LogP contribution in [0.15, 0.2) is 84.1 Å². The average Bonchev–Trinajstić information content (AvgIpc) is 3.06. The molecular formula is C19H14N2O4S. The van der Waals surface area contributed by atoms with Gasteiger partial charge in [0.2, 0.25) is 0 Å². The lowest BCUT2D eigenvalue weighted by Crippen LogP contribution is -2.29. The van der Waals surface area contributed by atoms with Gasteiger partial charge in [0.1, 0.15) is 5.60 Å². The minimum atomic E-state index is -3.98. The molecule has 3 aromatic rings. The highest BCUT2D eigenvalue weighted by atomic mass is 32.2. The number of hydrogen-bond acceptors (Lipinski definition) is 5. The van der Waals surface area contributed by atoms with Crippen molar-refractivity contribution in [1.82, 2.24) is 8.96 Å². The van der Waals surface area contributed by atoms with Crippen LogP contribution in [0.2, 0.25) is 0 Å². The third-order valence-electron chi connectivity index (χ3n) is 4.25. The van der Waals surface area contributed by atoms with Gasteiger partial charge in [-0.3, -0.25) is 9.78 Å². The maximum Gasteiger partial charge on any atom is 0.268 e. The average molecular weight is 366 g/mol. The summed E-state index contributed by atoms with van der Waals surface area (Å²) in [5, 5.41) is 11.6. The van der Waals surface area contributed by atoms with Gasteiger partial charge in [-0.2, -0.15) is 0 Å². The minimum Gasteiger partial charge on any atom is -0.376 e. The van der Waals surface area contributed by atoms with E-state index in [4.69, 9.17) is 0 Å². The summed E-state index contributed by atoms with van der Waals surface area (Å²) in [4.78, 5) is 15.6. The molecule has 4 rings (SSSR count). The number of aromatic nitrogens is 2. The number of aliphatic hydroxyl groups is 1. The van der Waals surface area contributed by atoms with Crippen molar-refractivity contribution in [2.24, 2.45) is 0 Å². The number of ketones is 1. The lowest BCUT2D eigenvalue weighted by molar-refractivity contribution is -0.110. The number of pyridine rings is 1. The predicted octanol–water partition coefficient (Wildman–Crippen LogP) is 2.16. The fraction of sp³-hybridized carbons (Fsp3) is 0.0526. The zero-order chi connectivity index (χ0) is 18.4. The van der Waals surface area contributed by atoms with E-state index in [9.17, 15) is 18.3 Å². The number of rotatable bonds is 3. The molecule has 0 bridgehead atoms. The van der Waals surface area contributed by atoms with Gasteiger partial charge in [-0.1, -0.05) is 18.2 Å². The van der Waals surface area contributed by atoms with E-state index in [1.807, 2.05) is 0 Å². The summed E-state index contributed by atoms with van der Waals surface area (Å²) in [5.74, 6) is -0.273. The number of fused-ring (bicyclic) bond motifs is 1. The molecule has 1 N–H and O–H groups in total. The van der Waals surface area contributed by atoms with Gasteiger partial charge in [0.15, 0.2) is 5.78 Å². The van der Waals surface area contributed by atoms with Crippen LogP contribution in [0.5, 0.6) is 0 Å². The van der Waals surface area contributed by atoms with Gasteiger partial charge in [-0.25, -0.2) is 12.4 Å². The number of carbonyl (C=O) groups is 1. The van der Waals surface area contributed by atoms with E-state index >= 15 is 0 Å². The van der Waals surface area contributed by atoms with E-state index in [2.05, 4.69) is 4.98 Å². The zero-order valence-corrected chi connectivity index (χ0v) is 14.3. The number of nitrogens with zero attached hydrogens (tertiary/aromatic N) is 2. The summed E-state index contributed by atoms with van der Waals surface area (Å²) in [5.41, 5.74) is -1.22. The first kappa shape index (κ1) is 16.4. The first-order valence-electron chi connectivity index (χ1n) is 7.83. The summed E-state index contributed by atoms with van der Waals surface area (Å²) < 4.78 is 27.7. The van der Waals surface area contributed by atoms with Gasteiger partial charge in [0, 0.05) is 17.8 Å². The summed E-state index contributed by atoms with van der Waals surface area (Å²) >= 11 is 0. The van der Waals surface area contributed by atoms with Crippen molar-refractivity contribution in [1.29, 1.82) is 0 Å². The summed E-state index contributed by atoms with van der Waals surface area (Å²) in [6, 6.07) is 11.1. The van der Waals surface area contributed by atoms with Crippen LogP contribution in [0.25, 0.3) is 10.9 Å². The van der Waals surface area contributed by atoms with Crippen molar-refractivity contribution < 1.29 is 18.3 Å². The lowest BCUT2D eigenvalue weighted by Gasteiger charge is -2.24. The molecule has 0 atom stereocenters. The predicted molar refractivity (Wildman–Crippen MR) is 95.9 cm³/mol. The Morgan fingerprint density at radius 3 is 2.42 bits per heavy atom. The van der Waals surface area contributed by atoms with E-state index in [0.29, 0.717) is 10.9 Å². The van der Waals surface area contributed by atoms with Gasteiger partial charge in [0.05, 0.1) is 16.1 Å². The molecule has 2 heterocycles. The van der Waals surface area contributed by atoms with E-state index in [1.165, 1.54) is 48.8 Å². The number of allylic oxidation sites excluding steroid dienone is 2. The summed E-state index contributed by atoms with van der Waals surface area (Å²) in [6.07, 6.45) is 8.02. The van der Waals surface area contributed by atoms with E-state index in [1.54, 1.807) is 30.3 Å². The zero-order valence-electron chi connectivity index (χ0n) is 13.5. The Labute approximate surface area is 149 Å². The molecule has 0 unspecified atom stereocenters. The van der Waals surface area contributed by atoms with Crippen molar-refractivity contribution in [2.45, 2.75) is 10.5 Å². The lowest BCUT2D eigenvalue weighted by atomic mass is 9.94. The molecule has 6 nitrogen and oxygen atoms in total. The van der Waals surface area contributed by atoms with Gasteiger partial charge in [0.25, 0.3) is 10.0 Å². The van der Waals surface area contributed by atoms with Gasteiger partial charge in [-0.15, -0.1) is 0 Å². The smallest absolute Gasteiger partial charge is 0.268 e. The molecule has 130 valence electrons. The van der Waals surface area contributed by atoms with Crippen molar-refractivity contribution in [3.63, 3.8) is 0 Å². The second-order valence-corrected chi connectivity index (χ2v) is 7.73. The second-order valence-electron chi connectivity index (χ2n) is 5.94. The van der Waals surface area contributed by atoms with Gasteiger partial charge < -0.3 is 5.11 Å². The van der Waals surface area contributed by atoms with E-state index < -0.39 is 15.6 Å². The molecule has 0 spiro atoms. The Morgan fingerprint density at radius 1 is 1.04 bits per heavy atom. The van der Waals surface area contributed by atoms with Crippen LogP contribution in [-0.4, -0.2) is 28.3 Å². The van der Waals surface area contributed by atoms with Crippen molar-refractivity contribution in [3.05, 3.63) is 84.9 Å². The van der Waals surface area contributed by atoms with Gasteiger partial charge >= 0.3 is 0 Å². The third kappa shape index (κ3) is 2.49. The maximum atomic E-state index is 13.3. The number of carbonyl (C=O) groups excluding carboxylic acids is 1. The number of hydrogen-bond donors (Lipinski definition) is 1. The van der Waals surface area contributed by atoms with Crippen LogP contribution < -0.4 is 0 Å². The molecule has 0 fully saturated rings. The highest BCUT2D eigenvalue weighted by Crippen LogP contribution is 2.34. The van der Waals surface area contributed by atoms with E-state index in [-0.39, 0.29) is 16.4 Å². The molecule has 1 aromatic carbocycles. The monoisotopic (exact) mass is 366 g/mol. The molecule has 1 aliphatic rings. The van der Waals surface area contributed by atoms with E-state index in [0.717, 1.165) is 3.97 Å². The topological polar surface area (TPSA) is 89.3 Å². The second kappa shape index (κ2) is 5.76. The molecule has 0 aliphatic heterocycles. The van der Waals surface area contributed by atoms with Crippen molar-refractivity contribution >= 4 is 26.7 Å². The number of benzene rings is 1. The Hall–Kier alpha value is -3.03. The molecule has 7 heteroatoms. The van der Waals surface area contributed by atoms with Crippen LogP contribution in [0.1, 0.15) is 5.69 Å². The maximum absolute atomic E-state index is 13.3. The first-order valence-corrected chi connectivity index (χ1v) is 9.27. The molecular weight excluding hydrogens is 352 g/mol. The standard InChI is InChI=1S/C19H14N2O4S/c22-15-6-9-19(23,10-7-15)18-12-14-13-20-11-8-17(14)21(18)26(24,25)16-4-2-1-3-5-16/h1-13,23H. The molecule has 0 amide bonds. The third-order valence-corrected chi connectivity index (χ3v) is 5.99. The SMILES string of the molecule is O=C1C=CC(O)(c2cc3cnccc3n2S(=O)(=O)c2ccccc2)C=C1. The van der Waals surface area contributed by atoms with Crippen molar-refractivity contribution in [2.75, 3.05) is 0 Å². The van der Waals surface area contributed by atoms with Crippen LogP contribution in [0, 0.1) is 0 Å². The van der Waals surface area contributed by atoms with Crippen LogP contribution in [0.4, 0.5) is 0 Å². The Morgan fingerprint density at radius 2 is 1.73 bits per heavy atom. The van der Waals surface area contributed by atoms with Crippen LogP contribution in [0.3, 0.4) is 0 Å². The Kier molecular flexibility index (Phi) is 3.64. The summed E-state index contributed by atoms with van der Waals surface area (Å²) in [7, 11) is -3.98. The van der Waals surface area contributed by atoms with Crippen LogP contribution >= 0.6 is 0 Å². The normalized spacial score (nSPS) is 16.3. The molecule has 0 radical (unpaired) electrons. The molecule has 0 saturated carbocycles. The molecule has 0 saturated heterocycles. The molecule has 2 aromatic heterocycles. The fourth-order valence-electron chi connectivity index (χ4n) is 2.97. The van der Waals surface area contributed by atoms with Crippen LogP contribution in [-0.2, 0) is 20.4 Å². The van der Waals surface area contributed by atoms with Crippen molar-refractivity contribution in [3.8, 4) is 0 Å². The Bertz CT molecular complexity index is 1160. The fourth-order valence-corrected chi connectivity index (χ4v) is 4.56. The minimum absolute atomic E-state index is 0.0963. The Balaban J connectivity index is 2.05. The summed E-state index contributed by atoms with van der Waals surface area (Å²) in [6.45, 7) is 0. The highest BCUT2D eigenvalue weighted by Gasteiger charge is 2.34. The molecule has 26 heavy (non-hydrogen) atoms. The van der Waals surface area contributed by atoms with Gasteiger partial charge in [-0.05, 0) is 48.6 Å². The molecule has 1 aliphatic carbocycles. The highest BCUT2D eigenvalue weighted by molar-refractivity contribution is 7.90.